The standard InChI is InChI=1S/C18H16N2O5/c1-10(21)18-13-12(17(25-18)8-5-9-19(17)16(18)24)14(22)20(15(13)23)11-6-3-2-4-7-11/h2-4,6-7,12-13H,5,8-9H2,1H3/t12-,13+,17+,18-/m0/s1. The number of carbonyl (C=O) groups is 4. The van der Waals surface area contributed by atoms with Crippen LogP contribution in [0.2, 0.25) is 0 Å². The summed E-state index contributed by atoms with van der Waals surface area (Å²) in [6.45, 7) is 1.71. The van der Waals surface area contributed by atoms with Crippen molar-refractivity contribution in [3.63, 3.8) is 0 Å². The lowest BCUT2D eigenvalue weighted by Crippen LogP contribution is -2.59. The van der Waals surface area contributed by atoms with E-state index in [0.29, 0.717) is 25.1 Å². The number of Topliss-reactive ketones (excluding diaryl/α,β-unsaturated/α-hetero) is 1. The van der Waals surface area contributed by atoms with Gasteiger partial charge >= 0.3 is 0 Å². The van der Waals surface area contributed by atoms with Crippen molar-refractivity contribution in [2.45, 2.75) is 31.1 Å². The molecule has 4 aliphatic heterocycles. The number of para-hydroxylation sites is 1. The maximum absolute atomic E-state index is 13.2. The van der Waals surface area contributed by atoms with Gasteiger partial charge in [-0.25, -0.2) is 4.90 Å². The highest BCUT2D eigenvalue weighted by molar-refractivity contribution is 6.28. The van der Waals surface area contributed by atoms with Gasteiger partial charge in [-0.15, -0.1) is 0 Å². The van der Waals surface area contributed by atoms with Gasteiger partial charge in [0.25, 0.3) is 5.91 Å². The Bertz CT molecular complexity index is 852. The van der Waals surface area contributed by atoms with Crippen molar-refractivity contribution in [3.05, 3.63) is 30.3 Å². The molecule has 1 spiro atoms. The second kappa shape index (κ2) is 4.35. The Morgan fingerprint density at radius 1 is 1.12 bits per heavy atom. The van der Waals surface area contributed by atoms with Crippen molar-refractivity contribution >= 4 is 29.2 Å². The van der Waals surface area contributed by atoms with Crippen LogP contribution in [0, 0.1) is 11.8 Å². The van der Waals surface area contributed by atoms with E-state index in [-0.39, 0.29) is 5.91 Å². The van der Waals surface area contributed by atoms with Gasteiger partial charge in [-0.2, -0.15) is 0 Å². The first-order valence-corrected chi connectivity index (χ1v) is 8.41. The van der Waals surface area contributed by atoms with Crippen LogP contribution in [0.4, 0.5) is 5.69 Å². The lowest BCUT2D eigenvalue weighted by molar-refractivity contribution is -0.155. The van der Waals surface area contributed by atoms with Crippen LogP contribution in [0.5, 0.6) is 0 Å². The molecule has 128 valence electrons. The van der Waals surface area contributed by atoms with Gasteiger partial charge in [0, 0.05) is 6.54 Å². The van der Waals surface area contributed by atoms with Crippen molar-refractivity contribution in [3.8, 4) is 0 Å². The lowest BCUT2D eigenvalue weighted by Gasteiger charge is -2.35. The number of amides is 3. The van der Waals surface area contributed by atoms with Crippen LogP contribution in [0.15, 0.2) is 30.3 Å². The Morgan fingerprint density at radius 2 is 1.80 bits per heavy atom. The predicted octanol–water partition coefficient (Wildman–Crippen LogP) is 0.482. The van der Waals surface area contributed by atoms with E-state index in [1.54, 1.807) is 30.3 Å². The van der Waals surface area contributed by atoms with Crippen LogP contribution in [0.3, 0.4) is 0 Å². The lowest BCUT2D eigenvalue weighted by atomic mass is 9.73. The number of rotatable bonds is 2. The van der Waals surface area contributed by atoms with Crippen LogP contribution < -0.4 is 4.90 Å². The highest BCUT2D eigenvalue weighted by Crippen LogP contribution is 2.63. The summed E-state index contributed by atoms with van der Waals surface area (Å²) in [6.07, 6.45) is 1.16. The molecule has 1 aromatic carbocycles. The van der Waals surface area contributed by atoms with E-state index in [2.05, 4.69) is 0 Å². The summed E-state index contributed by atoms with van der Waals surface area (Å²) in [5.41, 5.74) is -2.54. The quantitative estimate of drug-likeness (QED) is 0.578. The monoisotopic (exact) mass is 340 g/mol. The van der Waals surface area contributed by atoms with Gasteiger partial charge in [-0.3, -0.25) is 19.2 Å². The summed E-state index contributed by atoms with van der Waals surface area (Å²) in [7, 11) is 0. The molecule has 4 saturated heterocycles. The number of nitrogens with zero attached hydrogens (tertiary/aromatic N) is 2. The SMILES string of the molecule is CC(=O)[C@@]12O[C@]3(CCCN3C1=O)[C@@H]1C(=O)N(c3ccccc3)C(=O)[C@@H]12. The van der Waals surface area contributed by atoms with Crippen LogP contribution in [-0.2, 0) is 23.9 Å². The molecule has 4 atom stereocenters. The summed E-state index contributed by atoms with van der Waals surface area (Å²) >= 11 is 0. The Labute approximate surface area is 143 Å². The minimum atomic E-state index is -1.85. The Balaban J connectivity index is 1.71. The van der Waals surface area contributed by atoms with Crippen molar-refractivity contribution in [1.29, 1.82) is 0 Å². The molecule has 25 heavy (non-hydrogen) atoms. The molecule has 4 heterocycles. The number of imide groups is 1. The largest absolute Gasteiger partial charge is 0.330 e. The van der Waals surface area contributed by atoms with E-state index in [4.69, 9.17) is 4.74 Å². The Hall–Kier alpha value is -2.54. The summed E-state index contributed by atoms with van der Waals surface area (Å²) in [4.78, 5) is 54.3. The second-order valence-corrected chi connectivity index (χ2v) is 7.10. The van der Waals surface area contributed by atoms with E-state index in [9.17, 15) is 19.2 Å². The highest BCUT2D eigenvalue weighted by atomic mass is 16.6. The first kappa shape index (κ1) is 14.8. The summed E-state index contributed by atoms with van der Waals surface area (Å²) in [5, 5.41) is 0. The average molecular weight is 340 g/mol. The zero-order valence-electron chi connectivity index (χ0n) is 13.6. The molecule has 0 N–H and O–H groups in total. The minimum absolute atomic E-state index is 0.385. The molecule has 7 nitrogen and oxygen atoms in total. The van der Waals surface area contributed by atoms with Gasteiger partial charge in [-0.1, -0.05) is 18.2 Å². The van der Waals surface area contributed by atoms with Crippen LogP contribution in [-0.4, -0.2) is 46.3 Å². The molecular formula is C18H16N2O5. The summed E-state index contributed by atoms with van der Waals surface area (Å²) in [6, 6.07) is 8.61. The van der Waals surface area contributed by atoms with Crippen LogP contribution in [0.1, 0.15) is 19.8 Å². The van der Waals surface area contributed by atoms with Crippen LogP contribution in [0.25, 0.3) is 0 Å². The number of piperidine rings is 1. The average Bonchev–Trinajstić information content (AvgIpc) is 3.27. The fourth-order valence-electron chi connectivity index (χ4n) is 5.11. The summed E-state index contributed by atoms with van der Waals surface area (Å²) < 4.78 is 6.00. The third-order valence-corrected chi connectivity index (χ3v) is 6.04. The van der Waals surface area contributed by atoms with E-state index < -0.39 is 40.8 Å². The smallest absolute Gasteiger partial charge is 0.265 e. The zero-order chi connectivity index (χ0) is 17.6. The van der Waals surface area contributed by atoms with E-state index in [1.807, 2.05) is 0 Å². The number of anilines is 1. The van der Waals surface area contributed by atoms with Gasteiger partial charge in [0.15, 0.2) is 11.5 Å². The predicted molar refractivity (Wildman–Crippen MR) is 84.1 cm³/mol. The van der Waals surface area contributed by atoms with E-state index in [0.717, 1.165) is 4.90 Å². The molecule has 2 bridgehead atoms. The molecule has 5 rings (SSSR count). The maximum atomic E-state index is 13.2. The first-order valence-electron chi connectivity index (χ1n) is 8.41. The van der Waals surface area contributed by atoms with Crippen molar-refractivity contribution in [2.24, 2.45) is 11.8 Å². The third kappa shape index (κ3) is 1.39. The van der Waals surface area contributed by atoms with Gasteiger partial charge in [0.2, 0.25) is 17.4 Å². The normalized spacial score (nSPS) is 38.5. The minimum Gasteiger partial charge on any atom is -0.330 e. The molecule has 4 aliphatic rings. The number of benzene rings is 1. The molecule has 0 radical (unpaired) electrons. The number of hydrogen-bond acceptors (Lipinski definition) is 5. The van der Waals surface area contributed by atoms with Gasteiger partial charge in [0.1, 0.15) is 11.8 Å². The van der Waals surface area contributed by atoms with Crippen molar-refractivity contribution in [1.82, 2.24) is 4.90 Å². The van der Waals surface area contributed by atoms with E-state index in [1.165, 1.54) is 11.8 Å². The van der Waals surface area contributed by atoms with Gasteiger partial charge < -0.3 is 9.64 Å². The first-order chi connectivity index (χ1) is 11.9. The van der Waals surface area contributed by atoms with Crippen molar-refractivity contribution in [2.75, 3.05) is 11.4 Å². The Morgan fingerprint density at radius 3 is 2.48 bits per heavy atom. The van der Waals surface area contributed by atoms with Gasteiger partial charge in [-0.05, 0) is 31.9 Å². The number of hydrogen-bond donors (Lipinski definition) is 0. The summed E-state index contributed by atoms with van der Waals surface area (Å²) in [5.74, 6) is -3.76. The number of carbonyl (C=O) groups excluding carboxylic acids is 4. The van der Waals surface area contributed by atoms with Crippen molar-refractivity contribution < 1.29 is 23.9 Å². The molecule has 4 fully saturated rings. The van der Waals surface area contributed by atoms with Gasteiger partial charge in [0.05, 0.1) is 5.69 Å². The topological polar surface area (TPSA) is 84.0 Å². The molecule has 3 amide bonds. The Kier molecular flexibility index (Phi) is 2.57. The molecule has 0 aromatic heterocycles. The number of ketones is 1. The molecule has 0 saturated carbocycles. The molecular weight excluding hydrogens is 324 g/mol. The maximum Gasteiger partial charge on any atom is 0.265 e. The molecule has 1 aromatic rings. The molecule has 0 aliphatic carbocycles. The highest BCUT2D eigenvalue weighted by Gasteiger charge is 2.84. The fourth-order valence-corrected chi connectivity index (χ4v) is 5.11. The zero-order valence-corrected chi connectivity index (χ0v) is 13.6. The van der Waals surface area contributed by atoms with Crippen LogP contribution >= 0.6 is 0 Å². The second-order valence-electron chi connectivity index (χ2n) is 7.10. The number of fused-ring (bicyclic) bond motifs is 3. The molecule has 7 heteroatoms. The molecule has 0 unspecified atom stereocenters. The number of ether oxygens (including phenoxy) is 1. The van der Waals surface area contributed by atoms with E-state index >= 15 is 0 Å². The third-order valence-electron chi connectivity index (χ3n) is 6.04. The fraction of sp³-hybridized carbons (Fsp3) is 0.444.